The molecule has 2 heteroatoms. The van der Waals surface area contributed by atoms with Crippen LogP contribution >= 0.6 is 15.9 Å². The van der Waals surface area contributed by atoms with E-state index in [2.05, 4.69) is 39.0 Å². The average molecular weight is 280 g/mol. The molecule has 0 aromatic heterocycles. The van der Waals surface area contributed by atoms with Gasteiger partial charge in [-0.15, -0.1) is 0 Å². The molecular formula is C14H18BrN. The molecule has 1 heterocycles. The van der Waals surface area contributed by atoms with Gasteiger partial charge in [-0.25, -0.2) is 0 Å². The first-order chi connectivity index (χ1) is 7.81. The van der Waals surface area contributed by atoms with Gasteiger partial charge in [-0.1, -0.05) is 22.0 Å². The van der Waals surface area contributed by atoms with Crippen molar-refractivity contribution >= 4 is 15.9 Å². The van der Waals surface area contributed by atoms with Crippen LogP contribution in [0.5, 0.6) is 0 Å². The van der Waals surface area contributed by atoms with E-state index in [0.29, 0.717) is 0 Å². The van der Waals surface area contributed by atoms with Gasteiger partial charge in [-0.05, 0) is 68.0 Å². The molecular weight excluding hydrogens is 262 g/mol. The third kappa shape index (κ3) is 2.18. The summed E-state index contributed by atoms with van der Waals surface area (Å²) in [5, 5.41) is 0. The summed E-state index contributed by atoms with van der Waals surface area (Å²) in [6.45, 7) is 3.97. The van der Waals surface area contributed by atoms with E-state index in [1.165, 1.54) is 49.8 Å². The molecule has 16 heavy (non-hydrogen) atoms. The summed E-state index contributed by atoms with van der Waals surface area (Å²) in [7, 11) is 0. The molecule has 1 nitrogen and oxygen atoms in total. The number of benzene rings is 1. The summed E-state index contributed by atoms with van der Waals surface area (Å²) < 4.78 is 1.23. The standard InChI is InChI=1S/C14H18BrN/c15-14-4-3-12-7-11(8-13(12)9-14)10-16-5-1-2-6-16/h3-4,9,11H,1-2,5-8,10H2. The molecule has 86 valence electrons. The van der Waals surface area contributed by atoms with Crippen LogP contribution in [0.2, 0.25) is 0 Å². The van der Waals surface area contributed by atoms with Gasteiger partial charge >= 0.3 is 0 Å². The normalized spacial score (nSPS) is 24.9. The number of rotatable bonds is 2. The fourth-order valence-corrected chi connectivity index (χ4v) is 3.55. The van der Waals surface area contributed by atoms with Crippen LogP contribution in [0.25, 0.3) is 0 Å². The molecule has 1 fully saturated rings. The van der Waals surface area contributed by atoms with Gasteiger partial charge < -0.3 is 4.90 Å². The van der Waals surface area contributed by atoms with E-state index in [1.54, 1.807) is 11.1 Å². The van der Waals surface area contributed by atoms with Gasteiger partial charge in [0.15, 0.2) is 0 Å². The smallest absolute Gasteiger partial charge is 0.0178 e. The predicted octanol–water partition coefficient (Wildman–Crippen LogP) is 3.26. The second-order valence-corrected chi connectivity index (χ2v) is 6.11. The fourth-order valence-electron chi connectivity index (χ4n) is 3.14. The zero-order valence-electron chi connectivity index (χ0n) is 9.58. The molecule has 1 saturated heterocycles. The molecule has 1 aromatic carbocycles. The molecule has 2 aliphatic rings. The van der Waals surface area contributed by atoms with Crippen LogP contribution < -0.4 is 0 Å². The van der Waals surface area contributed by atoms with Gasteiger partial charge in [0, 0.05) is 11.0 Å². The molecule has 0 spiro atoms. The summed E-state index contributed by atoms with van der Waals surface area (Å²) >= 11 is 3.56. The first kappa shape index (κ1) is 10.8. The van der Waals surface area contributed by atoms with Crippen molar-refractivity contribution in [2.24, 2.45) is 5.92 Å². The van der Waals surface area contributed by atoms with Gasteiger partial charge in [0.05, 0.1) is 0 Å². The Morgan fingerprint density at radius 1 is 1.12 bits per heavy atom. The van der Waals surface area contributed by atoms with E-state index < -0.39 is 0 Å². The van der Waals surface area contributed by atoms with Crippen LogP contribution in [0.3, 0.4) is 0 Å². The third-order valence-corrected chi connectivity index (χ3v) is 4.39. The Morgan fingerprint density at radius 3 is 2.69 bits per heavy atom. The second-order valence-electron chi connectivity index (χ2n) is 5.20. The Morgan fingerprint density at radius 2 is 1.88 bits per heavy atom. The van der Waals surface area contributed by atoms with Gasteiger partial charge in [-0.3, -0.25) is 0 Å². The lowest BCUT2D eigenvalue weighted by atomic mass is 10.1. The number of nitrogens with zero attached hydrogens (tertiary/aromatic N) is 1. The Kier molecular flexibility index (Phi) is 3.03. The largest absolute Gasteiger partial charge is 0.303 e. The third-order valence-electron chi connectivity index (χ3n) is 3.90. The predicted molar refractivity (Wildman–Crippen MR) is 70.7 cm³/mol. The molecule has 1 aliphatic carbocycles. The summed E-state index contributed by atoms with van der Waals surface area (Å²) in [6.07, 6.45) is 5.39. The van der Waals surface area contributed by atoms with E-state index in [9.17, 15) is 0 Å². The Bertz CT molecular complexity index is 382. The van der Waals surface area contributed by atoms with Gasteiger partial charge in [0.2, 0.25) is 0 Å². The zero-order valence-corrected chi connectivity index (χ0v) is 11.2. The number of fused-ring (bicyclic) bond motifs is 1. The Labute approximate surface area is 106 Å². The summed E-state index contributed by atoms with van der Waals surface area (Å²) in [6, 6.07) is 6.78. The topological polar surface area (TPSA) is 3.24 Å². The molecule has 0 radical (unpaired) electrons. The van der Waals surface area contributed by atoms with Crippen molar-refractivity contribution in [2.75, 3.05) is 19.6 Å². The highest BCUT2D eigenvalue weighted by Gasteiger charge is 2.24. The highest BCUT2D eigenvalue weighted by molar-refractivity contribution is 9.10. The van der Waals surface area contributed by atoms with Gasteiger partial charge in [0.1, 0.15) is 0 Å². The van der Waals surface area contributed by atoms with Crippen LogP contribution in [0.15, 0.2) is 22.7 Å². The molecule has 0 bridgehead atoms. The SMILES string of the molecule is Brc1ccc2c(c1)CC(CN1CCCC1)C2. The lowest BCUT2D eigenvalue weighted by Gasteiger charge is -2.19. The maximum Gasteiger partial charge on any atom is 0.0178 e. The molecule has 1 atom stereocenters. The van der Waals surface area contributed by atoms with E-state index in [-0.39, 0.29) is 0 Å². The van der Waals surface area contributed by atoms with E-state index in [1.807, 2.05) is 0 Å². The van der Waals surface area contributed by atoms with E-state index in [0.717, 1.165) is 5.92 Å². The van der Waals surface area contributed by atoms with Crippen LogP contribution in [0, 0.1) is 5.92 Å². The first-order valence-electron chi connectivity index (χ1n) is 6.31. The second kappa shape index (κ2) is 4.50. The van der Waals surface area contributed by atoms with Crippen molar-refractivity contribution in [1.29, 1.82) is 0 Å². The molecule has 0 saturated carbocycles. The van der Waals surface area contributed by atoms with Crippen molar-refractivity contribution < 1.29 is 0 Å². The minimum Gasteiger partial charge on any atom is -0.303 e. The van der Waals surface area contributed by atoms with Crippen molar-refractivity contribution in [3.63, 3.8) is 0 Å². The highest BCUT2D eigenvalue weighted by atomic mass is 79.9. The van der Waals surface area contributed by atoms with Crippen molar-refractivity contribution in [1.82, 2.24) is 4.90 Å². The molecule has 1 aromatic rings. The lowest BCUT2D eigenvalue weighted by molar-refractivity contribution is 0.282. The lowest BCUT2D eigenvalue weighted by Crippen LogP contribution is -2.26. The first-order valence-corrected chi connectivity index (χ1v) is 7.10. The highest BCUT2D eigenvalue weighted by Crippen LogP contribution is 2.30. The van der Waals surface area contributed by atoms with Crippen molar-refractivity contribution in [3.8, 4) is 0 Å². The minimum absolute atomic E-state index is 0.863. The Balaban J connectivity index is 1.65. The zero-order chi connectivity index (χ0) is 11.0. The summed E-state index contributed by atoms with van der Waals surface area (Å²) in [5.41, 5.74) is 3.14. The number of halogens is 1. The maximum absolute atomic E-state index is 3.56. The van der Waals surface area contributed by atoms with E-state index in [4.69, 9.17) is 0 Å². The maximum atomic E-state index is 3.56. The monoisotopic (exact) mass is 279 g/mol. The molecule has 1 unspecified atom stereocenters. The number of hydrogen-bond acceptors (Lipinski definition) is 1. The summed E-state index contributed by atoms with van der Waals surface area (Å²) in [4.78, 5) is 2.64. The quantitative estimate of drug-likeness (QED) is 0.803. The van der Waals surface area contributed by atoms with E-state index >= 15 is 0 Å². The summed E-state index contributed by atoms with van der Waals surface area (Å²) in [5.74, 6) is 0.863. The fraction of sp³-hybridized carbons (Fsp3) is 0.571. The molecule has 0 amide bonds. The molecule has 0 N–H and O–H groups in total. The average Bonchev–Trinajstić information content (AvgIpc) is 2.86. The van der Waals surface area contributed by atoms with Crippen LogP contribution in [-0.4, -0.2) is 24.5 Å². The Hall–Kier alpha value is -0.340. The van der Waals surface area contributed by atoms with Crippen molar-refractivity contribution in [2.45, 2.75) is 25.7 Å². The minimum atomic E-state index is 0.863. The van der Waals surface area contributed by atoms with Crippen molar-refractivity contribution in [3.05, 3.63) is 33.8 Å². The van der Waals surface area contributed by atoms with Crippen LogP contribution in [-0.2, 0) is 12.8 Å². The van der Waals surface area contributed by atoms with Crippen LogP contribution in [0.1, 0.15) is 24.0 Å². The number of hydrogen-bond donors (Lipinski definition) is 0. The molecule has 3 rings (SSSR count). The number of likely N-dealkylation sites (tertiary alicyclic amines) is 1. The molecule has 1 aliphatic heterocycles. The van der Waals surface area contributed by atoms with Crippen LogP contribution in [0.4, 0.5) is 0 Å². The van der Waals surface area contributed by atoms with Gasteiger partial charge in [0.25, 0.3) is 0 Å². The van der Waals surface area contributed by atoms with Gasteiger partial charge in [-0.2, -0.15) is 0 Å².